The minimum atomic E-state index is 0. The molecule has 0 radical (unpaired) electrons. The van der Waals surface area contributed by atoms with E-state index in [1.54, 1.807) is 0 Å². The highest BCUT2D eigenvalue weighted by atomic mass is 35.5. The lowest BCUT2D eigenvalue weighted by molar-refractivity contribution is 0.258. The van der Waals surface area contributed by atoms with E-state index in [1.165, 1.54) is 11.1 Å². The van der Waals surface area contributed by atoms with Gasteiger partial charge in [-0.15, -0.1) is 24.0 Å². The van der Waals surface area contributed by atoms with Crippen molar-refractivity contribution in [2.24, 2.45) is 0 Å². The lowest BCUT2D eigenvalue weighted by atomic mass is 10.1. The number of halogens is 2. The van der Waals surface area contributed by atoms with Crippen LogP contribution in [0.15, 0.2) is 60.7 Å². The van der Waals surface area contributed by atoms with E-state index >= 15 is 0 Å². The van der Waals surface area contributed by atoms with Gasteiger partial charge in [-0.2, -0.15) is 0 Å². The maximum atomic E-state index is 5.82. The molecule has 0 aliphatic heterocycles. The highest BCUT2D eigenvalue weighted by molar-refractivity contribution is 6.17. The van der Waals surface area contributed by atoms with Crippen LogP contribution in [0.4, 0.5) is 0 Å². The van der Waals surface area contributed by atoms with E-state index in [1.807, 2.05) is 0 Å². The average Bonchev–Trinajstić information content (AvgIpc) is 2.47. The van der Waals surface area contributed by atoms with Gasteiger partial charge in [0.05, 0.1) is 0 Å². The van der Waals surface area contributed by atoms with Crippen molar-refractivity contribution in [2.45, 2.75) is 19.5 Å². The van der Waals surface area contributed by atoms with Gasteiger partial charge in [0, 0.05) is 19.0 Å². The molecular formula is C17H21Cl2N. The third-order valence-electron chi connectivity index (χ3n) is 3.11. The summed E-state index contributed by atoms with van der Waals surface area (Å²) in [6, 6.07) is 21.2. The quantitative estimate of drug-likeness (QED) is 0.668. The van der Waals surface area contributed by atoms with E-state index in [2.05, 4.69) is 65.6 Å². The molecular weight excluding hydrogens is 289 g/mol. The zero-order valence-corrected chi connectivity index (χ0v) is 13.1. The van der Waals surface area contributed by atoms with Gasteiger partial charge in [0.15, 0.2) is 0 Å². The van der Waals surface area contributed by atoms with Gasteiger partial charge >= 0.3 is 0 Å². The van der Waals surface area contributed by atoms with E-state index in [9.17, 15) is 0 Å². The summed E-state index contributed by atoms with van der Waals surface area (Å²) in [5.74, 6) is 0.722. The molecule has 1 nitrogen and oxygen atoms in total. The number of nitrogens with zero attached hydrogens (tertiary/aromatic N) is 1. The molecule has 0 aromatic heterocycles. The van der Waals surface area contributed by atoms with Gasteiger partial charge in [-0.25, -0.2) is 0 Å². The fraction of sp³-hybridized carbons (Fsp3) is 0.294. The van der Waals surface area contributed by atoms with Crippen molar-refractivity contribution in [3.05, 3.63) is 71.8 Å². The fourth-order valence-corrected chi connectivity index (χ4v) is 2.30. The monoisotopic (exact) mass is 309 g/mol. The van der Waals surface area contributed by atoms with Crippen LogP contribution in [0.1, 0.15) is 17.5 Å². The fourth-order valence-electron chi connectivity index (χ4n) is 2.18. The van der Waals surface area contributed by atoms with E-state index < -0.39 is 0 Å². The standard InChI is InChI=1S/C17H20ClN.ClH/c18-12-7-13-19(14-16-8-3-1-4-9-16)15-17-10-5-2-6-11-17;/h1-6,8-11H,7,12-15H2;1H. The number of alkyl halides is 1. The summed E-state index contributed by atoms with van der Waals surface area (Å²) in [5, 5.41) is 0. The van der Waals surface area contributed by atoms with E-state index in [-0.39, 0.29) is 12.4 Å². The van der Waals surface area contributed by atoms with Crippen LogP contribution in [0, 0.1) is 0 Å². The van der Waals surface area contributed by atoms with Gasteiger partial charge in [-0.3, -0.25) is 4.90 Å². The molecule has 0 unspecified atom stereocenters. The Hall–Kier alpha value is -1.02. The Morgan fingerprint density at radius 3 is 1.60 bits per heavy atom. The van der Waals surface area contributed by atoms with Crippen molar-refractivity contribution < 1.29 is 0 Å². The van der Waals surface area contributed by atoms with Gasteiger partial charge in [-0.1, -0.05) is 60.7 Å². The molecule has 0 fully saturated rings. The topological polar surface area (TPSA) is 3.24 Å². The lowest BCUT2D eigenvalue weighted by Crippen LogP contribution is -2.24. The number of hydrogen-bond acceptors (Lipinski definition) is 1. The van der Waals surface area contributed by atoms with Crippen LogP contribution in [0.2, 0.25) is 0 Å². The third kappa shape index (κ3) is 5.96. The van der Waals surface area contributed by atoms with Crippen molar-refractivity contribution in [1.29, 1.82) is 0 Å². The van der Waals surface area contributed by atoms with Crippen LogP contribution in [-0.2, 0) is 13.1 Å². The lowest BCUT2D eigenvalue weighted by Gasteiger charge is -2.22. The van der Waals surface area contributed by atoms with E-state index in [0.717, 1.165) is 31.9 Å². The number of hydrogen-bond donors (Lipinski definition) is 0. The van der Waals surface area contributed by atoms with Crippen LogP contribution >= 0.6 is 24.0 Å². The Morgan fingerprint density at radius 2 is 1.20 bits per heavy atom. The normalized spacial score (nSPS) is 10.3. The van der Waals surface area contributed by atoms with Crippen molar-refractivity contribution in [3.63, 3.8) is 0 Å². The van der Waals surface area contributed by atoms with Gasteiger partial charge in [-0.05, 0) is 24.1 Å². The predicted octanol–water partition coefficient (Wildman–Crippen LogP) is 4.74. The molecule has 0 saturated heterocycles. The first-order valence-electron chi connectivity index (χ1n) is 6.74. The van der Waals surface area contributed by atoms with Crippen molar-refractivity contribution in [2.75, 3.05) is 12.4 Å². The summed E-state index contributed by atoms with van der Waals surface area (Å²) in [7, 11) is 0. The molecule has 20 heavy (non-hydrogen) atoms. The Bertz CT molecular complexity index is 417. The number of benzene rings is 2. The molecule has 3 heteroatoms. The molecule has 2 rings (SSSR count). The van der Waals surface area contributed by atoms with E-state index in [0.29, 0.717) is 0 Å². The molecule has 0 spiro atoms. The van der Waals surface area contributed by atoms with Crippen molar-refractivity contribution in [1.82, 2.24) is 4.90 Å². The molecule has 0 aliphatic rings. The van der Waals surface area contributed by atoms with Gasteiger partial charge in [0.25, 0.3) is 0 Å². The van der Waals surface area contributed by atoms with Crippen LogP contribution in [0.5, 0.6) is 0 Å². The van der Waals surface area contributed by atoms with Crippen LogP contribution in [-0.4, -0.2) is 17.3 Å². The van der Waals surface area contributed by atoms with Crippen molar-refractivity contribution in [3.8, 4) is 0 Å². The molecule has 2 aromatic carbocycles. The second kappa shape index (κ2) is 9.82. The second-order valence-corrected chi connectivity index (χ2v) is 5.10. The highest BCUT2D eigenvalue weighted by Crippen LogP contribution is 2.10. The van der Waals surface area contributed by atoms with Gasteiger partial charge in [0.2, 0.25) is 0 Å². The largest absolute Gasteiger partial charge is 0.295 e. The first kappa shape index (κ1) is 17.0. The molecule has 0 aliphatic carbocycles. The Kier molecular flexibility index (Phi) is 8.36. The molecule has 0 saturated carbocycles. The third-order valence-corrected chi connectivity index (χ3v) is 3.37. The molecule has 0 atom stereocenters. The molecule has 108 valence electrons. The van der Waals surface area contributed by atoms with Crippen LogP contribution in [0.25, 0.3) is 0 Å². The molecule has 0 N–H and O–H groups in total. The van der Waals surface area contributed by atoms with Crippen molar-refractivity contribution >= 4 is 24.0 Å². The minimum absolute atomic E-state index is 0. The summed E-state index contributed by atoms with van der Waals surface area (Å²) in [5.41, 5.74) is 2.71. The summed E-state index contributed by atoms with van der Waals surface area (Å²) >= 11 is 5.82. The first-order valence-corrected chi connectivity index (χ1v) is 7.28. The average molecular weight is 310 g/mol. The van der Waals surface area contributed by atoms with E-state index in [4.69, 9.17) is 11.6 Å². The minimum Gasteiger partial charge on any atom is -0.295 e. The maximum absolute atomic E-state index is 5.82. The summed E-state index contributed by atoms with van der Waals surface area (Å²) in [6.07, 6.45) is 1.03. The van der Waals surface area contributed by atoms with Gasteiger partial charge in [0.1, 0.15) is 0 Å². The molecule has 0 amide bonds. The number of rotatable bonds is 7. The molecule has 2 aromatic rings. The summed E-state index contributed by atoms with van der Waals surface area (Å²) < 4.78 is 0. The Balaban J connectivity index is 0.00000200. The highest BCUT2D eigenvalue weighted by Gasteiger charge is 2.06. The summed E-state index contributed by atoms with van der Waals surface area (Å²) in [4.78, 5) is 2.45. The second-order valence-electron chi connectivity index (χ2n) is 4.72. The Morgan fingerprint density at radius 1 is 0.750 bits per heavy atom. The van der Waals surface area contributed by atoms with Crippen LogP contribution in [0.3, 0.4) is 0 Å². The SMILES string of the molecule is Cl.ClCCCN(Cc1ccccc1)Cc1ccccc1. The smallest absolute Gasteiger partial charge is 0.0237 e. The Labute approximate surface area is 133 Å². The first-order chi connectivity index (χ1) is 9.38. The van der Waals surface area contributed by atoms with Crippen LogP contribution < -0.4 is 0 Å². The zero-order chi connectivity index (χ0) is 13.3. The molecule has 0 heterocycles. The predicted molar refractivity (Wildman–Crippen MR) is 89.6 cm³/mol. The van der Waals surface area contributed by atoms with Gasteiger partial charge < -0.3 is 0 Å². The molecule has 0 bridgehead atoms. The maximum Gasteiger partial charge on any atom is 0.0237 e. The summed E-state index contributed by atoms with van der Waals surface area (Å²) in [6.45, 7) is 2.99. The zero-order valence-electron chi connectivity index (χ0n) is 11.5.